The van der Waals surface area contributed by atoms with Gasteiger partial charge in [-0.2, -0.15) is 0 Å². The topological polar surface area (TPSA) is 26.0 Å². The summed E-state index contributed by atoms with van der Waals surface area (Å²) in [5.41, 5.74) is 6.00. The SMILES string of the molecule is CCCCCCCCCCCCCCCCCCP(N)CC. The summed E-state index contributed by atoms with van der Waals surface area (Å²) >= 11 is 0. The van der Waals surface area contributed by atoms with E-state index >= 15 is 0 Å². The van der Waals surface area contributed by atoms with E-state index < -0.39 is 0 Å². The van der Waals surface area contributed by atoms with Crippen LogP contribution in [0.5, 0.6) is 0 Å². The molecule has 0 bridgehead atoms. The molecule has 134 valence electrons. The molecule has 0 aromatic heterocycles. The molecular weight excluding hydrogens is 285 g/mol. The average molecular weight is 330 g/mol. The van der Waals surface area contributed by atoms with E-state index in [4.69, 9.17) is 5.50 Å². The second kappa shape index (κ2) is 19.4. The van der Waals surface area contributed by atoms with Crippen molar-refractivity contribution >= 4 is 8.07 Å². The van der Waals surface area contributed by atoms with Crippen LogP contribution in [-0.4, -0.2) is 12.3 Å². The third-order valence-corrected chi connectivity index (χ3v) is 6.41. The van der Waals surface area contributed by atoms with Crippen LogP contribution in [0.3, 0.4) is 0 Å². The predicted octanol–water partition coefficient (Wildman–Crippen LogP) is 7.62. The molecule has 0 heterocycles. The molecule has 0 aliphatic heterocycles. The highest BCUT2D eigenvalue weighted by Crippen LogP contribution is 2.26. The number of rotatable bonds is 18. The van der Waals surface area contributed by atoms with E-state index in [2.05, 4.69) is 13.8 Å². The molecule has 2 heteroatoms. The first-order chi connectivity index (χ1) is 10.8. The maximum atomic E-state index is 6.00. The molecular formula is C20H44NP. The number of hydrogen-bond acceptors (Lipinski definition) is 1. The van der Waals surface area contributed by atoms with Crippen LogP contribution in [0.15, 0.2) is 0 Å². The molecule has 0 saturated heterocycles. The number of nitrogens with two attached hydrogens (primary N) is 1. The number of unbranched alkanes of at least 4 members (excludes halogenated alkanes) is 15. The summed E-state index contributed by atoms with van der Waals surface area (Å²) in [6.45, 7) is 4.51. The highest BCUT2D eigenvalue weighted by molar-refractivity contribution is 7.55. The maximum Gasteiger partial charge on any atom is -0.0197 e. The lowest BCUT2D eigenvalue weighted by atomic mass is 10.0. The molecule has 0 aliphatic rings. The minimum Gasteiger partial charge on any atom is -0.310 e. The van der Waals surface area contributed by atoms with Gasteiger partial charge in [0.15, 0.2) is 0 Å². The van der Waals surface area contributed by atoms with Crippen molar-refractivity contribution in [3.63, 3.8) is 0 Å². The fourth-order valence-corrected chi connectivity index (χ4v) is 3.97. The summed E-state index contributed by atoms with van der Waals surface area (Å²) in [4.78, 5) is 0. The molecule has 0 rings (SSSR count). The zero-order valence-corrected chi connectivity index (χ0v) is 16.6. The van der Waals surface area contributed by atoms with Crippen LogP contribution in [0, 0.1) is 0 Å². The molecule has 0 amide bonds. The zero-order valence-electron chi connectivity index (χ0n) is 15.8. The van der Waals surface area contributed by atoms with Gasteiger partial charge in [-0.25, -0.2) is 0 Å². The minimum absolute atomic E-state index is 0.121. The Labute approximate surface area is 143 Å². The molecule has 22 heavy (non-hydrogen) atoms. The van der Waals surface area contributed by atoms with Crippen molar-refractivity contribution < 1.29 is 0 Å². The van der Waals surface area contributed by atoms with E-state index in [0.717, 1.165) is 0 Å². The Morgan fingerprint density at radius 2 is 0.818 bits per heavy atom. The second-order valence-corrected chi connectivity index (χ2v) is 9.19. The van der Waals surface area contributed by atoms with Gasteiger partial charge in [0.2, 0.25) is 0 Å². The lowest BCUT2D eigenvalue weighted by Crippen LogP contribution is -1.96. The standard InChI is InChI=1S/C20H44NP/c1-3-5-6-7-8-9-10-11-12-13-14-15-16-17-18-19-20-22(21)4-2/h3-21H2,1-2H3. The molecule has 0 aromatic carbocycles. The summed E-state index contributed by atoms with van der Waals surface area (Å²) in [5.74, 6) is 0. The molecule has 1 unspecified atom stereocenters. The van der Waals surface area contributed by atoms with Crippen molar-refractivity contribution in [2.75, 3.05) is 12.3 Å². The monoisotopic (exact) mass is 329 g/mol. The van der Waals surface area contributed by atoms with Crippen LogP contribution in [0.4, 0.5) is 0 Å². The Hall–Kier alpha value is 0.390. The lowest BCUT2D eigenvalue weighted by molar-refractivity contribution is 0.531. The van der Waals surface area contributed by atoms with E-state index in [9.17, 15) is 0 Å². The molecule has 2 N–H and O–H groups in total. The Morgan fingerprint density at radius 1 is 0.500 bits per heavy atom. The predicted molar refractivity (Wildman–Crippen MR) is 106 cm³/mol. The summed E-state index contributed by atoms with van der Waals surface area (Å²) in [5, 5.41) is 0. The van der Waals surface area contributed by atoms with Gasteiger partial charge in [-0.15, -0.1) is 0 Å². The fraction of sp³-hybridized carbons (Fsp3) is 1.00. The molecule has 1 atom stereocenters. The van der Waals surface area contributed by atoms with Crippen LogP contribution < -0.4 is 5.50 Å². The van der Waals surface area contributed by atoms with Gasteiger partial charge in [-0.3, -0.25) is 0 Å². The van der Waals surface area contributed by atoms with E-state index in [1.54, 1.807) is 0 Å². The molecule has 0 spiro atoms. The molecule has 0 aliphatic carbocycles. The van der Waals surface area contributed by atoms with Crippen molar-refractivity contribution in [2.45, 2.75) is 117 Å². The van der Waals surface area contributed by atoms with E-state index in [1.165, 1.54) is 115 Å². The van der Waals surface area contributed by atoms with Crippen LogP contribution in [-0.2, 0) is 0 Å². The highest BCUT2D eigenvalue weighted by atomic mass is 31.1. The Morgan fingerprint density at radius 3 is 1.14 bits per heavy atom. The van der Waals surface area contributed by atoms with Gasteiger partial charge < -0.3 is 5.50 Å². The Bertz CT molecular complexity index is 196. The normalized spacial score (nSPS) is 12.7. The van der Waals surface area contributed by atoms with Gasteiger partial charge in [-0.1, -0.05) is 110 Å². The van der Waals surface area contributed by atoms with Crippen molar-refractivity contribution in [3.8, 4) is 0 Å². The van der Waals surface area contributed by atoms with Crippen molar-refractivity contribution in [1.82, 2.24) is 0 Å². The smallest absolute Gasteiger partial charge is 0.0197 e. The van der Waals surface area contributed by atoms with Crippen molar-refractivity contribution in [3.05, 3.63) is 0 Å². The minimum atomic E-state index is -0.121. The first-order valence-electron chi connectivity index (χ1n) is 10.3. The quantitative estimate of drug-likeness (QED) is 0.203. The fourth-order valence-electron chi connectivity index (χ4n) is 3.02. The van der Waals surface area contributed by atoms with Crippen LogP contribution in [0.2, 0.25) is 0 Å². The Balaban J connectivity index is 2.97. The molecule has 1 nitrogen and oxygen atoms in total. The first-order valence-corrected chi connectivity index (χ1v) is 12.1. The van der Waals surface area contributed by atoms with Gasteiger partial charge in [-0.05, 0) is 26.8 Å². The lowest BCUT2D eigenvalue weighted by Gasteiger charge is -2.08. The van der Waals surface area contributed by atoms with E-state index in [1.807, 2.05) is 0 Å². The van der Waals surface area contributed by atoms with Crippen molar-refractivity contribution in [2.24, 2.45) is 5.50 Å². The zero-order chi connectivity index (χ0) is 16.3. The largest absolute Gasteiger partial charge is 0.310 e. The molecule has 0 aromatic rings. The highest BCUT2D eigenvalue weighted by Gasteiger charge is 1.98. The van der Waals surface area contributed by atoms with Crippen LogP contribution >= 0.6 is 8.07 Å². The van der Waals surface area contributed by atoms with Crippen LogP contribution in [0.1, 0.15) is 117 Å². The third-order valence-electron chi connectivity index (χ3n) is 4.71. The maximum absolute atomic E-state index is 6.00. The summed E-state index contributed by atoms with van der Waals surface area (Å²) in [6, 6.07) is 0. The summed E-state index contributed by atoms with van der Waals surface area (Å²) in [6.07, 6.45) is 25.7. The number of hydrogen-bond donors (Lipinski definition) is 1. The van der Waals surface area contributed by atoms with Gasteiger partial charge in [0.1, 0.15) is 0 Å². The molecule has 0 radical (unpaired) electrons. The summed E-state index contributed by atoms with van der Waals surface area (Å²) < 4.78 is 0. The van der Waals surface area contributed by atoms with E-state index in [-0.39, 0.29) is 8.07 Å². The van der Waals surface area contributed by atoms with Gasteiger partial charge in [0.25, 0.3) is 0 Å². The Kier molecular flexibility index (Phi) is 19.8. The van der Waals surface area contributed by atoms with Gasteiger partial charge in [0.05, 0.1) is 0 Å². The third kappa shape index (κ3) is 18.4. The van der Waals surface area contributed by atoms with E-state index in [0.29, 0.717) is 0 Å². The second-order valence-electron chi connectivity index (χ2n) is 6.93. The molecule has 0 saturated carbocycles. The van der Waals surface area contributed by atoms with Gasteiger partial charge >= 0.3 is 0 Å². The van der Waals surface area contributed by atoms with Gasteiger partial charge in [0, 0.05) is 0 Å². The first kappa shape index (κ1) is 22.4. The molecule has 0 fully saturated rings. The summed E-state index contributed by atoms with van der Waals surface area (Å²) in [7, 11) is -0.121. The average Bonchev–Trinajstić information content (AvgIpc) is 2.54. The van der Waals surface area contributed by atoms with Crippen LogP contribution in [0.25, 0.3) is 0 Å². The van der Waals surface area contributed by atoms with Crippen molar-refractivity contribution in [1.29, 1.82) is 0 Å².